The van der Waals surface area contributed by atoms with E-state index in [1.165, 1.54) is 5.56 Å². The summed E-state index contributed by atoms with van der Waals surface area (Å²) in [6, 6.07) is 13.5. The van der Waals surface area contributed by atoms with Crippen LogP contribution >= 0.6 is 11.6 Å². The molecule has 0 saturated carbocycles. The van der Waals surface area contributed by atoms with Crippen LogP contribution in [0.25, 0.3) is 11.1 Å². The van der Waals surface area contributed by atoms with E-state index in [0.717, 1.165) is 19.4 Å². The van der Waals surface area contributed by atoms with E-state index in [1.807, 2.05) is 39.0 Å². The Kier molecular flexibility index (Phi) is 5.36. The van der Waals surface area contributed by atoms with Gasteiger partial charge >= 0.3 is 0 Å². The molecule has 3 heterocycles. The van der Waals surface area contributed by atoms with Gasteiger partial charge in [-0.25, -0.2) is 13.4 Å². The molecule has 2 aromatic carbocycles. The van der Waals surface area contributed by atoms with Crippen molar-refractivity contribution in [3.8, 4) is 0 Å². The molecule has 170 valence electrons. The number of sulfonamides is 1. The van der Waals surface area contributed by atoms with Gasteiger partial charge in [-0.2, -0.15) is 4.31 Å². The summed E-state index contributed by atoms with van der Waals surface area (Å²) in [6.45, 7) is 8.21. The van der Waals surface area contributed by atoms with Crippen molar-refractivity contribution in [3.05, 3.63) is 58.9 Å². The molecule has 2 fully saturated rings. The molecule has 2 aliphatic rings. The maximum Gasteiger partial charge on any atom is 0.248 e. The van der Waals surface area contributed by atoms with Gasteiger partial charge in [0.2, 0.25) is 15.9 Å². The molecule has 8 heteroatoms. The number of hydrogen-bond acceptors (Lipinski definition) is 5. The highest BCUT2D eigenvalue weighted by molar-refractivity contribution is 7.89. The van der Waals surface area contributed by atoms with Gasteiger partial charge in [-0.05, 0) is 30.5 Å². The van der Waals surface area contributed by atoms with Gasteiger partial charge in [0.15, 0.2) is 5.58 Å². The molecule has 2 atom stereocenters. The Labute approximate surface area is 194 Å². The quantitative estimate of drug-likeness (QED) is 0.543. The summed E-state index contributed by atoms with van der Waals surface area (Å²) in [6.07, 6.45) is 1.71. The van der Waals surface area contributed by atoms with Crippen molar-refractivity contribution in [2.75, 3.05) is 13.1 Å². The predicted octanol–water partition coefficient (Wildman–Crippen LogP) is 4.82. The highest BCUT2D eigenvalue weighted by Gasteiger charge is 2.48. The second-order valence-electron chi connectivity index (χ2n) is 9.89. The molecule has 2 saturated heterocycles. The molecule has 0 amide bonds. The van der Waals surface area contributed by atoms with E-state index in [0.29, 0.717) is 24.5 Å². The standard InChI is InChI=1S/C24H28ClN3O3S/c1-24(2,3)23-26-20-12-11-19(25)22(21(20)31-23)32(29,30)28-17-9-10-18(28)15-27(14-17)13-16-7-5-4-6-8-16/h4-8,11-12,17-18H,9-10,13-15H2,1-3H3. The Morgan fingerprint density at radius 1 is 1.06 bits per heavy atom. The fourth-order valence-corrected chi connectivity index (χ4v) is 7.40. The van der Waals surface area contributed by atoms with Crippen molar-refractivity contribution >= 4 is 32.7 Å². The zero-order valence-electron chi connectivity index (χ0n) is 18.6. The Morgan fingerprint density at radius 3 is 2.34 bits per heavy atom. The first-order chi connectivity index (χ1) is 15.1. The highest BCUT2D eigenvalue weighted by Crippen LogP contribution is 2.41. The molecule has 3 aromatic rings. The highest BCUT2D eigenvalue weighted by atomic mass is 35.5. The summed E-state index contributed by atoms with van der Waals surface area (Å²) in [5.74, 6) is 0.502. The maximum absolute atomic E-state index is 13.9. The van der Waals surface area contributed by atoms with Gasteiger partial charge < -0.3 is 4.42 Å². The Morgan fingerprint density at radius 2 is 1.72 bits per heavy atom. The molecule has 2 unspecified atom stereocenters. The van der Waals surface area contributed by atoms with Crippen molar-refractivity contribution in [1.29, 1.82) is 0 Å². The molecule has 0 spiro atoms. The summed E-state index contributed by atoms with van der Waals surface area (Å²) in [5, 5.41) is 0.181. The van der Waals surface area contributed by atoms with Crippen LogP contribution in [0.2, 0.25) is 5.02 Å². The molecule has 0 aliphatic carbocycles. The summed E-state index contributed by atoms with van der Waals surface area (Å²) in [4.78, 5) is 6.95. The van der Waals surface area contributed by atoms with Crippen LogP contribution in [0, 0.1) is 0 Å². The van der Waals surface area contributed by atoms with Crippen LogP contribution in [0.1, 0.15) is 45.1 Å². The zero-order valence-corrected chi connectivity index (χ0v) is 20.2. The van der Waals surface area contributed by atoms with Gasteiger partial charge in [0.25, 0.3) is 0 Å². The van der Waals surface area contributed by atoms with Crippen LogP contribution in [0.4, 0.5) is 0 Å². The number of nitrogens with zero attached hydrogens (tertiary/aromatic N) is 3. The second kappa shape index (κ2) is 7.83. The van der Waals surface area contributed by atoms with E-state index in [-0.39, 0.29) is 33.0 Å². The van der Waals surface area contributed by atoms with Gasteiger partial charge in [0.1, 0.15) is 10.4 Å². The first-order valence-electron chi connectivity index (χ1n) is 11.0. The smallest absolute Gasteiger partial charge is 0.248 e. The summed E-state index contributed by atoms with van der Waals surface area (Å²) < 4.78 is 35.6. The first-order valence-corrected chi connectivity index (χ1v) is 12.9. The largest absolute Gasteiger partial charge is 0.439 e. The number of halogens is 1. The molecular weight excluding hydrogens is 446 g/mol. The van der Waals surface area contributed by atoms with Crippen molar-refractivity contribution in [2.45, 2.75) is 62.6 Å². The van der Waals surface area contributed by atoms with Crippen LogP contribution in [-0.2, 0) is 22.0 Å². The topological polar surface area (TPSA) is 66.7 Å². The fourth-order valence-electron chi connectivity index (χ4n) is 4.93. The van der Waals surface area contributed by atoms with Crippen LogP contribution in [0.5, 0.6) is 0 Å². The minimum Gasteiger partial charge on any atom is -0.439 e. The molecule has 6 nitrogen and oxygen atoms in total. The van der Waals surface area contributed by atoms with Crippen molar-refractivity contribution in [2.24, 2.45) is 0 Å². The van der Waals surface area contributed by atoms with Gasteiger partial charge in [-0.3, -0.25) is 4.90 Å². The average Bonchev–Trinajstić information content (AvgIpc) is 3.28. The number of benzene rings is 2. The summed E-state index contributed by atoms with van der Waals surface area (Å²) in [7, 11) is -3.84. The molecule has 0 radical (unpaired) electrons. The third-order valence-corrected chi connectivity index (χ3v) is 8.88. The fraction of sp³-hybridized carbons (Fsp3) is 0.458. The molecule has 1 aromatic heterocycles. The van der Waals surface area contributed by atoms with E-state index < -0.39 is 10.0 Å². The third kappa shape index (κ3) is 3.75. The average molecular weight is 474 g/mol. The van der Waals surface area contributed by atoms with Crippen molar-refractivity contribution in [3.63, 3.8) is 0 Å². The normalized spacial score (nSPS) is 22.6. The second-order valence-corrected chi connectivity index (χ2v) is 12.1. The Balaban J connectivity index is 1.49. The monoisotopic (exact) mass is 473 g/mol. The van der Waals surface area contributed by atoms with E-state index in [9.17, 15) is 8.42 Å². The molecule has 0 N–H and O–H groups in total. The lowest BCUT2D eigenvalue weighted by molar-refractivity contribution is 0.123. The van der Waals surface area contributed by atoms with Crippen molar-refractivity contribution < 1.29 is 12.8 Å². The predicted molar refractivity (Wildman–Crippen MR) is 125 cm³/mol. The van der Waals surface area contributed by atoms with Gasteiger partial charge in [-0.15, -0.1) is 0 Å². The van der Waals surface area contributed by atoms with E-state index >= 15 is 0 Å². The molecule has 5 rings (SSSR count). The molecular formula is C24H28ClN3O3S. The summed E-state index contributed by atoms with van der Waals surface area (Å²) in [5.41, 5.74) is 1.68. The number of hydrogen-bond donors (Lipinski definition) is 0. The van der Waals surface area contributed by atoms with Crippen molar-refractivity contribution in [1.82, 2.24) is 14.2 Å². The summed E-state index contributed by atoms with van der Waals surface area (Å²) >= 11 is 6.48. The van der Waals surface area contributed by atoms with Gasteiger partial charge in [0.05, 0.1) is 5.02 Å². The maximum atomic E-state index is 13.9. The minimum atomic E-state index is -3.84. The number of rotatable bonds is 4. The van der Waals surface area contributed by atoms with E-state index in [4.69, 9.17) is 16.0 Å². The van der Waals surface area contributed by atoms with Crippen LogP contribution in [-0.4, -0.2) is 47.8 Å². The Hall–Kier alpha value is -1.93. The van der Waals surface area contributed by atoms with Gasteiger partial charge in [0, 0.05) is 37.1 Å². The lowest BCUT2D eigenvalue weighted by atomic mass is 9.97. The SMILES string of the molecule is CC(C)(C)c1nc2ccc(Cl)c(S(=O)(=O)N3C4CCC3CN(Cc3ccccc3)C4)c2o1. The number of likely N-dealkylation sites (tertiary alicyclic amines) is 1. The van der Waals surface area contributed by atoms with Gasteiger partial charge in [-0.1, -0.05) is 62.7 Å². The van der Waals surface area contributed by atoms with Crippen LogP contribution < -0.4 is 0 Å². The molecule has 2 aliphatic heterocycles. The molecule has 2 bridgehead atoms. The third-order valence-electron chi connectivity index (χ3n) is 6.38. The Bertz CT molecular complexity index is 1240. The number of fused-ring (bicyclic) bond motifs is 3. The zero-order chi connectivity index (χ0) is 22.7. The first kappa shape index (κ1) is 21.9. The lowest BCUT2D eigenvalue weighted by Gasteiger charge is -2.40. The van der Waals surface area contributed by atoms with E-state index in [1.54, 1.807) is 16.4 Å². The number of aromatic nitrogens is 1. The number of oxazole rings is 1. The molecule has 32 heavy (non-hydrogen) atoms. The van der Waals surface area contributed by atoms with E-state index in [2.05, 4.69) is 22.0 Å². The van der Waals surface area contributed by atoms with Crippen LogP contribution in [0.3, 0.4) is 0 Å². The number of piperazine rings is 1. The minimum absolute atomic E-state index is 0.0491. The lowest BCUT2D eigenvalue weighted by Crippen LogP contribution is -2.55. The van der Waals surface area contributed by atoms with Crippen LogP contribution in [0.15, 0.2) is 51.8 Å².